The minimum absolute atomic E-state index is 0.290. The number of hydrogen-bond donors (Lipinski definition) is 1. The average molecular weight is 320 g/mol. The average Bonchev–Trinajstić information content (AvgIpc) is 2.42. The van der Waals surface area contributed by atoms with Crippen molar-refractivity contribution in [2.75, 3.05) is 26.9 Å². The highest BCUT2D eigenvalue weighted by molar-refractivity contribution is 6.42. The molecule has 0 aromatic heterocycles. The zero-order valence-corrected chi connectivity index (χ0v) is 13.3. The van der Waals surface area contributed by atoms with E-state index in [4.69, 9.17) is 32.7 Å². The first-order valence-corrected chi connectivity index (χ1v) is 7.08. The Morgan fingerprint density at radius 1 is 1.40 bits per heavy atom. The number of ether oxygens (including phenoxy) is 2. The summed E-state index contributed by atoms with van der Waals surface area (Å²) in [5.74, 6) is -0.403. The Hall–Kier alpha value is -0.810. The van der Waals surface area contributed by atoms with E-state index in [0.717, 1.165) is 0 Å². The van der Waals surface area contributed by atoms with Crippen LogP contribution in [0.25, 0.3) is 0 Å². The number of benzene rings is 1. The van der Waals surface area contributed by atoms with Crippen LogP contribution in [0.5, 0.6) is 0 Å². The fourth-order valence-corrected chi connectivity index (χ4v) is 2.34. The van der Waals surface area contributed by atoms with Crippen molar-refractivity contribution in [1.29, 1.82) is 0 Å². The van der Waals surface area contributed by atoms with Crippen LogP contribution in [0.4, 0.5) is 0 Å². The SMILES string of the molecule is CCOC(=O)C(C)(NCCOC)c1cccc(Cl)c1Cl. The van der Waals surface area contributed by atoms with E-state index in [-0.39, 0.29) is 0 Å². The van der Waals surface area contributed by atoms with Crippen LogP contribution in [-0.4, -0.2) is 32.8 Å². The fraction of sp³-hybridized carbons (Fsp3) is 0.500. The van der Waals surface area contributed by atoms with Gasteiger partial charge in [0.25, 0.3) is 0 Å². The second-order valence-electron chi connectivity index (χ2n) is 4.37. The van der Waals surface area contributed by atoms with Crippen molar-refractivity contribution in [3.05, 3.63) is 33.8 Å². The molecule has 1 aromatic rings. The zero-order chi connectivity index (χ0) is 15.2. The van der Waals surface area contributed by atoms with Crippen LogP contribution < -0.4 is 5.32 Å². The molecule has 1 N–H and O–H groups in total. The van der Waals surface area contributed by atoms with Gasteiger partial charge >= 0.3 is 5.97 Å². The van der Waals surface area contributed by atoms with Crippen LogP contribution in [-0.2, 0) is 19.8 Å². The van der Waals surface area contributed by atoms with Gasteiger partial charge in [-0.15, -0.1) is 0 Å². The van der Waals surface area contributed by atoms with Gasteiger partial charge in [0.1, 0.15) is 5.54 Å². The number of nitrogens with one attached hydrogen (secondary N) is 1. The van der Waals surface area contributed by atoms with Gasteiger partial charge in [0.15, 0.2) is 0 Å². The maximum absolute atomic E-state index is 12.3. The highest BCUT2D eigenvalue weighted by Gasteiger charge is 2.38. The third-order valence-electron chi connectivity index (χ3n) is 2.96. The molecule has 0 heterocycles. The summed E-state index contributed by atoms with van der Waals surface area (Å²) in [6.07, 6.45) is 0. The van der Waals surface area contributed by atoms with Gasteiger partial charge < -0.3 is 9.47 Å². The number of hydrogen-bond acceptors (Lipinski definition) is 4. The molecule has 0 fully saturated rings. The van der Waals surface area contributed by atoms with Gasteiger partial charge in [-0.3, -0.25) is 5.32 Å². The molecule has 1 atom stereocenters. The minimum Gasteiger partial charge on any atom is -0.464 e. The zero-order valence-electron chi connectivity index (χ0n) is 11.8. The molecule has 0 radical (unpaired) electrons. The molecular formula is C14H19Cl2NO3. The second-order valence-corrected chi connectivity index (χ2v) is 5.15. The van der Waals surface area contributed by atoms with E-state index in [1.807, 2.05) is 0 Å². The summed E-state index contributed by atoms with van der Waals surface area (Å²) in [4.78, 5) is 12.3. The van der Waals surface area contributed by atoms with Crippen molar-refractivity contribution in [1.82, 2.24) is 5.32 Å². The lowest BCUT2D eigenvalue weighted by Crippen LogP contribution is -2.49. The highest BCUT2D eigenvalue weighted by atomic mass is 35.5. The fourth-order valence-electron chi connectivity index (χ4n) is 1.85. The molecule has 0 aliphatic rings. The number of carbonyl (C=O) groups is 1. The van der Waals surface area contributed by atoms with Crippen LogP contribution in [0.15, 0.2) is 18.2 Å². The molecule has 1 rings (SSSR count). The Morgan fingerprint density at radius 2 is 2.10 bits per heavy atom. The first kappa shape index (κ1) is 17.2. The molecule has 4 nitrogen and oxygen atoms in total. The van der Waals surface area contributed by atoms with E-state index in [1.165, 1.54) is 0 Å². The lowest BCUT2D eigenvalue weighted by molar-refractivity contribution is -0.151. The molecule has 1 unspecified atom stereocenters. The van der Waals surface area contributed by atoms with Crippen LogP contribution in [0.3, 0.4) is 0 Å². The van der Waals surface area contributed by atoms with E-state index in [9.17, 15) is 4.79 Å². The molecule has 0 amide bonds. The van der Waals surface area contributed by atoms with E-state index in [0.29, 0.717) is 35.4 Å². The van der Waals surface area contributed by atoms with E-state index in [1.54, 1.807) is 39.2 Å². The summed E-state index contributed by atoms with van der Waals surface area (Å²) in [5, 5.41) is 3.86. The summed E-state index contributed by atoms with van der Waals surface area (Å²) in [5.41, 5.74) is -0.488. The highest BCUT2D eigenvalue weighted by Crippen LogP contribution is 2.34. The van der Waals surface area contributed by atoms with Gasteiger partial charge in [-0.1, -0.05) is 35.3 Å². The molecule has 0 aliphatic carbocycles. The van der Waals surface area contributed by atoms with Gasteiger partial charge in [0.05, 0.1) is 23.3 Å². The monoisotopic (exact) mass is 319 g/mol. The molecular weight excluding hydrogens is 301 g/mol. The summed E-state index contributed by atoms with van der Waals surface area (Å²) < 4.78 is 10.1. The third-order valence-corrected chi connectivity index (χ3v) is 3.78. The maximum atomic E-state index is 12.3. The smallest absolute Gasteiger partial charge is 0.330 e. The summed E-state index contributed by atoms with van der Waals surface area (Å²) >= 11 is 12.3. The first-order valence-electron chi connectivity index (χ1n) is 6.33. The van der Waals surface area contributed by atoms with E-state index in [2.05, 4.69) is 5.32 Å². The Kier molecular flexibility index (Phi) is 6.76. The number of halogens is 2. The normalized spacial score (nSPS) is 13.8. The summed E-state index contributed by atoms with van der Waals surface area (Å²) in [7, 11) is 1.59. The Bertz CT molecular complexity index is 468. The topological polar surface area (TPSA) is 47.6 Å². The van der Waals surface area contributed by atoms with Gasteiger partial charge in [0, 0.05) is 19.2 Å². The number of methoxy groups -OCH3 is 1. The number of esters is 1. The molecule has 112 valence electrons. The van der Waals surface area contributed by atoms with Crippen molar-refractivity contribution in [3.63, 3.8) is 0 Å². The standard InChI is InChI=1S/C14H19Cl2NO3/c1-4-20-13(18)14(2,17-8-9-19-3)10-6-5-7-11(15)12(10)16/h5-7,17H,4,8-9H2,1-3H3. The van der Waals surface area contributed by atoms with Gasteiger partial charge in [0.2, 0.25) is 0 Å². The molecule has 0 bridgehead atoms. The van der Waals surface area contributed by atoms with Crippen LogP contribution in [0.2, 0.25) is 10.0 Å². The van der Waals surface area contributed by atoms with Gasteiger partial charge in [-0.2, -0.15) is 0 Å². The molecule has 20 heavy (non-hydrogen) atoms. The number of carbonyl (C=O) groups excluding carboxylic acids is 1. The van der Waals surface area contributed by atoms with Crippen LogP contribution in [0, 0.1) is 0 Å². The molecule has 6 heteroatoms. The van der Waals surface area contributed by atoms with Crippen LogP contribution >= 0.6 is 23.2 Å². The van der Waals surface area contributed by atoms with Crippen molar-refractivity contribution >= 4 is 29.2 Å². The molecule has 0 saturated heterocycles. The summed E-state index contributed by atoms with van der Waals surface area (Å²) in [6, 6.07) is 5.18. The van der Waals surface area contributed by atoms with Gasteiger partial charge in [-0.25, -0.2) is 4.79 Å². The quantitative estimate of drug-likeness (QED) is 0.620. The Balaban J connectivity index is 3.15. The second kappa shape index (κ2) is 7.84. The van der Waals surface area contributed by atoms with Crippen molar-refractivity contribution in [2.45, 2.75) is 19.4 Å². The minimum atomic E-state index is -1.07. The lowest BCUT2D eigenvalue weighted by Gasteiger charge is -2.30. The van der Waals surface area contributed by atoms with E-state index >= 15 is 0 Å². The Morgan fingerprint density at radius 3 is 2.70 bits per heavy atom. The predicted octanol–water partition coefficient (Wildman–Crippen LogP) is 3.01. The van der Waals surface area contributed by atoms with Gasteiger partial charge in [-0.05, 0) is 19.9 Å². The van der Waals surface area contributed by atoms with Crippen molar-refractivity contribution in [3.8, 4) is 0 Å². The Labute approximate surface area is 129 Å². The van der Waals surface area contributed by atoms with E-state index < -0.39 is 11.5 Å². The molecule has 0 saturated carbocycles. The third kappa shape index (κ3) is 3.85. The maximum Gasteiger partial charge on any atom is 0.330 e. The molecule has 0 aliphatic heterocycles. The number of rotatable bonds is 7. The van der Waals surface area contributed by atoms with Crippen molar-refractivity contribution < 1.29 is 14.3 Å². The molecule has 1 aromatic carbocycles. The predicted molar refractivity (Wildman–Crippen MR) is 80.3 cm³/mol. The summed E-state index contributed by atoms with van der Waals surface area (Å²) in [6.45, 7) is 4.71. The first-order chi connectivity index (χ1) is 9.47. The van der Waals surface area contributed by atoms with Crippen molar-refractivity contribution in [2.24, 2.45) is 0 Å². The molecule has 0 spiro atoms. The van der Waals surface area contributed by atoms with Crippen LogP contribution in [0.1, 0.15) is 19.4 Å². The largest absolute Gasteiger partial charge is 0.464 e. The lowest BCUT2D eigenvalue weighted by atomic mass is 9.91.